The molecule has 4 rings (SSSR count). The number of benzene rings is 1. The highest BCUT2D eigenvalue weighted by atomic mass is 19.3. The number of methoxy groups -OCH3 is 1. The Kier molecular flexibility index (Phi) is 3.19. The quantitative estimate of drug-likeness (QED) is 0.578. The van der Waals surface area contributed by atoms with Crippen LogP contribution in [0, 0.1) is 6.92 Å². The van der Waals surface area contributed by atoms with Crippen LogP contribution in [0.4, 0.5) is 8.78 Å². The number of pyridine rings is 1. The first-order valence-corrected chi connectivity index (χ1v) is 7.25. The van der Waals surface area contributed by atoms with Crippen LogP contribution in [0.15, 0.2) is 36.5 Å². The smallest absolute Gasteiger partial charge is 0.299 e. The van der Waals surface area contributed by atoms with Gasteiger partial charge in [-0.2, -0.15) is 9.61 Å². The third-order valence-electron chi connectivity index (χ3n) is 3.86. The third kappa shape index (κ3) is 2.03. The van der Waals surface area contributed by atoms with E-state index in [0.717, 1.165) is 16.5 Å². The molecule has 3 aromatic heterocycles. The predicted octanol–water partition coefficient (Wildman–Crippen LogP) is 3.32. The van der Waals surface area contributed by atoms with Gasteiger partial charge in [0, 0.05) is 5.39 Å². The standard InChI is InChI=1S/C16H13F2N5O/c1-9-4-3-5-10-8-19-23(13(9)10)16-11(24-2)6-7-12-20-15(14(17)18)21-22(12)16/h3-8,14H,1-2H3. The van der Waals surface area contributed by atoms with Gasteiger partial charge in [0.15, 0.2) is 17.2 Å². The third-order valence-corrected chi connectivity index (χ3v) is 3.86. The number of fused-ring (bicyclic) bond motifs is 2. The van der Waals surface area contributed by atoms with Crippen molar-refractivity contribution in [2.75, 3.05) is 7.11 Å². The van der Waals surface area contributed by atoms with Gasteiger partial charge in [0.2, 0.25) is 5.82 Å². The van der Waals surface area contributed by atoms with Gasteiger partial charge >= 0.3 is 0 Å². The molecule has 24 heavy (non-hydrogen) atoms. The zero-order chi connectivity index (χ0) is 16.8. The minimum Gasteiger partial charge on any atom is -0.493 e. The molecule has 6 nitrogen and oxygen atoms in total. The zero-order valence-corrected chi connectivity index (χ0v) is 12.9. The highest BCUT2D eigenvalue weighted by Gasteiger charge is 2.20. The first-order chi connectivity index (χ1) is 11.6. The predicted molar refractivity (Wildman–Crippen MR) is 83.9 cm³/mol. The SMILES string of the molecule is COc1ccc2nc(C(F)F)nn2c1-n1ncc2cccc(C)c21. The maximum absolute atomic E-state index is 13.0. The van der Waals surface area contributed by atoms with Gasteiger partial charge in [-0.05, 0) is 24.6 Å². The number of hydrogen-bond acceptors (Lipinski definition) is 4. The normalized spacial score (nSPS) is 11.7. The van der Waals surface area contributed by atoms with Crippen LogP contribution in [-0.4, -0.2) is 31.5 Å². The Balaban J connectivity index is 2.10. The van der Waals surface area contributed by atoms with Crippen molar-refractivity contribution in [2.24, 2.45) is 0 Å². The number of para-hydroxylation sites is 1. The second kappa shape index (κ2) is 5.26. The molecule has 0 aliphatic heterocycles. The summed E-state index contributed by atoms with van der Waals surface area (Å²) in [5.74, 6) is 0.359. The van der Waals surface area contributed by atoms with Crippen LogP contribution in [0.25, 0.3) is 22.4 Å². The van der Waals surface area contributed by atoms with E-state index < -0.39 is 12.2 Å². The maximum atomic E-state index is 13.0. The summed E-state index contributed by atoms with van der Waals surface area (Å²) in [4.78, 5) is 3.87. The van der Waals surface area contributed by atoms with Crippen molar-refractivity contribution in [3.63, 3.8) is 0 Å². The van der Waals surface area contributed by atoms with Gasteiger partial charge in [-0.1, -0.05) is 18.2 Å². The van der Waals surface area contributed by atoms with E-state index in [4.69, 9.17) is 4.74 Å². The van der Waals surface area contributed by atoms with E-state index in [1.165, 1.54) is 11.6 Å². The lowest BCUT2D eigenvalue weighted by Gasteiger charge is -2.11. The van der Waals surface area contributed by atoms with E-state index in [1.807, 2.05) is 25.1 Å². The molecule has 8 heteroatoms. The van der Waals surface area contributed by atoms with E-state index in [2.05, 4.69) is 15.2 Å². The number of alkyl halides is 2. The second-order valence-electron chi connectivity index (χ2n) is 5.34. The molecule has 0 aliphatic carbocycles. The molecule has 0 amide bonds. The lowest BCUT2D eigenvalue weighted by Crippen LogP contribution is -2.08. The summed E-state index contributed by atoms with van der Waals surface area (Å²) in [6.07, 6.45) is -1.04. The number of ether oxygens (including phenoxy) is 1. The summed E-state index contributed by atoms with van der Waals surface area (Å²) in [5, 5.41) is 9.26. The fourth-order valence-electron chi connectivity index (χ4n) is 2.79. The van der Waals surface area contributed by atoms with Gasteiger partial charge in [0.1, 0.15) is 0 Å². The van der Waals surface area contributed by atoms with E-state index in [-0.39, 0.29) is 0 Å². The largest absolute Gasteiger partial charge is 0.493 e. The molecule has 0 bridgehead atoms. The minimum atomic E-state index is -2.75. The summed E-state index contributed by atoms with van der Waals surface area (Å²) in [6.45, 7) is 1.96. The average molecular weight is 329 g/mol. The van der Waals surface area contributed by atoms with Crippen molar-refractivity contribution < 1.29 is 13.5 Å². The molecule has 0 aliphatic rings. The number of halogens is 2. The van der Waals surface area contributed by atoms with Crippen molar-refractivity contribution in [2.45, 2.75) is 13.3 Å². The topological polar surface area (TPSA) is 57.2 Å². The molecular weight excluding hydrogens is 316 g/mol. The Morgan fingerprint density at radius 3 is 2.75 bits per heavy atom. The summed E-state index contributed by atoms with van der Waals surface area (Å²) in [6, 6.07) is 9.08. The van der Waals surface area contributed by atoms with Crippen LogP contribution >= 0.6 is 0 Å². The summed E-state index contributed by atoms with van der Waals surface area (Å²) >= 11 is 0. The van der Waals surface area contributed by atoms with Gasteiger partial charge in [0.25, 0.3) is 6.43 Å². The molecule has 0 spiro atoms. The Labute approximate surface area is 135 Å². The molecule has 0 N–H and O–H groups in total. The number of nitrogens with zero attached hydrogens (tertiary/aromatic N) is 5. The van der Waals surface area contributed by atoms with E-state index in [0.29, 0.717) is 17.2 Å². The van der Waals surface area contributed by atoms with Crippen molar-refractivity contribution in [3.8, 4) is 11.6 Å². The average Bonchev–Trinajstić information content (AvgIpc) is 3.18. The van der Waals surface area contributed by atoms with Crippen LogP contribution in [-0.2, 0) is 0 Å². The number of hydrogen-bond donors (Lipinski definition) is 0. The number of aromatic nitrogens is 5. The molecule has 1 aromatic carbocycles. The number of aryl methyl sites for hydroxylation is 1. The Bertz CT molecular complexity index is 1050. The summed E-state index contributed by atoms with van der Waals surface area (Å²) < 4.78 is 34.3. The van der Waals surface area contributed by atoms with Crippen LogP contribution in [0.5, 0.6) is 5.75 Å². The molecule has 4 aromatic rings. The fourth-order valence-corrected chi connectivity index (χ4v) is 2.79. The summed E-state index contributed by atoms with van der Waals surface area (Å²) in [7, 11) is 1.51. The van der Waals surface area contributed by atoms with Crippen LogP contribution in [0.3, 0.4) is 0 Å². The fraction of sp³-hybridized carbons (Fsp3) is 0.188. The molecule has 3 heterocycles. The molecule has 0 radical (unpaired) electrons. The second-order valence-corrected chi connectivity index (χ2v) is 5.34. The van der Waals surface area contributed by atoms with Gasteiger partial charge in [0.05, 0.1) is 18.8 Å². The zero-order valence-electron chi connectivity index (χ0n) is 12.9. The number of rotatable bonds is 3. The van der Waals surface area contributed by atoms with Crippen molar-refractivity contribution >= 4 is 16.6 Å². The van der Waals surface area contributed by atoms with Crippen LogP contribution < -0.4 is 4.74 Å². The lowest BCUT2D eigenvalue weighted by molar-refractivity contribution is 0.140. The lowest BCUT2D eigenvalue weighted by atomic mass is 10.2. The van der Waals surface area contributed by atoms with Crippen LogP contribution in [0.2, 0.25) is 0 Å². The molecule has 0 saturated heterocycles. The first-order valence-electron chi connectivity index (χ1n) is 7.25. The van der Waals surface area contributed by atoms with E-state index in [1.54, 1.807) is 23.0 Å². The maximum Gasteiger partial charge on any atom is 0.299 e. The molecule has 0 unspecified atom stereocenters. The molecule has 0 fully saturated rings. The molecular formula is C16H13F2N5O. The van der Waals surface area contributed by atoms with E-state index >= 15 is 0 Å². The Hall–Kier alpha value is -3.03. The van der Waals surface area contributed by atoms with Gasteiger partial charge in [-0.3, -0.25) is 0 Å². The monoisotopic (exact) mass is 329 g/mol. The Morgan fingerprint density at radius 2 is 2.00 bits per heavy atom. The highest BCUT2D eigenvalue weighted by molar-refractivity contribution is 5.83. The summed E-state index contributed by atoms with van der Waals surface area (Å²) in [5.41, 5.74) is 2.16. The first kappa shape index (κ1) is 14.6. The minimum absolute atomic E-state index is 0.304. The van der Waals surface area contributed by atoms with Crippen LogP contribution in [0.1, 0.15) is 17.8 Å². The highest BCUT2D eigenvalue weighted by Crippen LogP contribution is 2.29. The van der Waals surface area contributed by atoms with Gasteiger partial charge in [-0.15, -0.1) is 5.10 Å². The molecule has 0 atom stereocenters. The Morgan fingerprint density at radius 1 is 1.17 bits per heavy atom. The van der Waals surface area contributed by atoms with Crippen molar-refractivity contribution in [1.82, 2.24) is 24.4 Å². The van der Waals surface area contributed by atoms with Gasteiger partial charge in [-0.25, -0.2) is 18.4 Å². The van der Waals surface area contributed by atoms with Gasteiger partial charge < -0.3 is 4.74 Å². The molecule has 122 valence electrons. The van der Waals surface area contributed by atoms with Crippen molar-refractivity contribution in [3.05, 3.63) is 47.9 Å². The van der Waals surface area contributed by atoms with E-state index in [9.17, 15) is 8.78 Å². The molecule has 0 saturated carbocycles. The van der Waals surface area contributed by atoms with Crippen molar-refractivity contribution in [1.29, 1.82) is 0 Å².